The van der Waals surface area contributed by atoms with Gasteiger partial charge in [-0.15, -0.1) is 0 Å². The molecular formula is C22H43N5O2. The molecule has 0 aromatic rings. The number of likely N-dealkylation sites (tertiary alicyclic amines) is 1. The smallest absolute Gasteiger partial charge is 0.236 e. The zero-order chi connectivity index (χ0) is 21.1. The molecule has 2 fully saturated rings. The molecule has 0 aromatic heterocycles. The molecule has 7 nitrogen and oxygen atoms in total. The number of nitrogens with zero attached hydrogens (tertiary/aromatic N) is 4. The number of ether oxygens (including phenoxy) is 1. The van der Waals surface area contributed by atoms with Crippen molar-refractivity contribution in [2.24, 2.45) is 10.9 Å². The highest BCUT2D eigenvalue weighted by Crippen LogP contribution is 2.12. The average Bonchev–Trinajstić information content (AvgIpc) is 2.73. The number of amides is 1. The Morgan fingerprint density at radius 1 is 1.00 bits per heavy atom. The number of aliphatic imine (C=N–C) groups is 1. The molecule has 2 saturated heterocycles. The molecule has 0 spiro atoms. The minimum atomic E-state index is 0.268. The lowest BCUT2D eigenvalue weighted by atomic mass is 10.0. The zero-order valence-corrected chi connectivity index (χ0v) is 19.2. The lowest BCUT2D eigenvalue weighted by molar-refractivity contribution is -0.133. The summed E-state index contributed by atoms with van der Waals surface area (Å²) < 4.78 is 5.85. The lowest BCUT2D eigenvalue weighted by Gasteiger charge is -2.37. The Balaban J connectivity index is 1.79. The van der Waals surface area contributed by atoms with E-state index in [1.807, 2.05) is 4.90 Å². The summed E-state index contributed by atoms with van der Waals surface area (Å²) in [6, 6.07) is 0. The van der Waals surface area contributed by atoms with Crippen molar-refractivity contribution in [3.63, 3.8) is 0 Å². The largest absolute Gasteiger partial charge is 0.378 e. The van der Waals surface area contributed by atoms with Crippen LogP contribution in [0.25, 0.3) is 0 Å². The van der Waals surface area contributed by atoms with Gasteiger partial charge in [0.2, 0.25) is 5.91 Å². The highest BCUT2D eigenvalue weighted by Gasteiger charge is 2.24. The molecule has 7 heteroatoms. The van der Waals surface area contributed by atoms with Crippen LogP contribution >= 0.6 is 0 Å². The van der Waals surface area contributed by atoms with Gasteiger partial charge in [-0.1, -0.05) is 13.8 Å². The van der Waals surface area contributed by atoms with Crippen LogP contribution in [0, 0.1) is 5.92 Å². The highest BCUT2D eigenvalue weighted by molar-refractivity contribution is 5.80. The molecule has 2 heterocycles. The number of hydrogen-bond acceptors (Lipinski definition) is 4. The number of guanidine groups is 1. The van der Waals surface area contributed by atoms with Gasteiger partial charge in [-0.25, -0.2) is 0 Å². The number of rotatable bonds is 9. The van der Waals surface area contributed by atoms with Crippen molar-refractivity contribution < 1.29 is 9.53 Å². The monoisotopic (exact) mass is 409 g/mol. The summed E-state index contributed by atoms with van der Waals surface area (Å²) in [5, 5.41) is 3.44. The van der Waals surface area contributed by atoms with Gasteiger partial charge in [0.05, 0.1) is 12.6 Å². The molecule has 2 aliphatic heterocycles. The van der Waals surface area contributed by atoms with Crippen LogP contribution in [0.2, 0.25) is 0 Å². The molecular weight excluding hydrogens is 366 g/mol. The van der Waals surface area contributed by atoms with E-state index in [-0.39, 0.29) is 6.10 Å². The van der Waals surface area contributed by atoms with E-state index in [1.54, 1.807) is 0 Å². The molecule has 0 bridgehead atoms. The number of piperazine rings is 1. The van der Waals surface area contributed by atoms with Crippen LogP contribution in [0.1, 0.15) is 53.4 Å². The first-order chi connectivity index (χ1) is 14.0. The minimum absolute atomic E-state index is 0.268. The molecule has 1 unspecified atom stereocenters. The number of piperidine rings is 1. The van der Waals surface area contributed by atoms with Crippen molar-refractivity contribution in [1.29, 1.82) is 0 Å². The van der Waals surface area contributed by atoms with E-state index in [9.17, 15) is 4.79 Å². The third-order valence-corrected chi connectivity index (χ3v) is 5.87. The molecule has 0 saturated carbocycles. The molecule has 1 atom stereocenters. The second-order valence-electron chi connectivity index (χ2n) is 8.47. The Labute approximate surface area is 177 Å². The average molecular weight is 410 g/mol. The molecule has 2 aliphatic rings. The summed E-state index contributed by atoms with van der Waals surface area (Å²) in [4.78, 5) is 24.0. The highest BCUT2D eigenvalue weighted by atomic mass is 16.5. The van der Waals surface area contributed by atoms with Crippen LogP contribution in [0.4, 0.5) is 0 Å². The van der Waals surface area contributed by atoms with E-state index in [1.165, 1.54) is 6.42 Å². The quantitative estimate of drug-likeness (QED) is 0.466. The van der Waals surface area contributed by atoms with Crippen LogP contribution in [0.5, 0.6) is 0 Å². The van der Waals surface area contributed by atoms with Gasteiger partial charge in [0.1, 0.15) is 0 Å². The topological polar surface area (TPSA) is 60.4 Å². The molecule has 1 N–H and O–H groups in total. The third-order valence-electron chi connectivity index (χ3n) is 5.87. The fourth-order valence-electron chi connectivity index (χ4n) is 4.10. The first-order valence-electron chi connectivity index (χ1n) is 11.7. The first kappa shape index (κ1) is 23.9. The second-order valence-corrected chi connectivity index (χ2v) is 8.47. The SMILES string of the molecule is CCNC(=NCCC(OCC)C(C)C)N1CCN(CC(=O)N2CCCCC2)CC1. The number of carbonyl (C=O) groups is 1. The van der Waals surface area contributed by atoms with Gasteiger partial charge in [0.15, 0.2) is 5.96 Å². The summed E-state index contributed by atoms with van der Waals surface area (Å²) in [5.41, 5.74) is 0. The minimum Gasteiger partial charge on any atom is -0.378 e. The van der Waals surface area contributed by atoms with E-state index >= 15 is 0 Å². The van der Waals surface area contributed by atoms with Gasteiger partial charge in [0.25, 0.3) is 0 Å². The van der Waals surface area contributed by atoms with Gasteiger partial charge in [-0.2, -0.15) is 0 Å². The van der Waals surface area contributed by atoms with E-state index in [0.29, 0.717) is 18.4 Å². The Kier molecular flexibility index (Phi) is 10.8. The maximum absolute atomic E-state index is 12.5. The molecule has 2 rings (SSSR count). The van der Waals surface area contributed by atoms with E-state index < -0.39 is 0 Å². The summed E-state index contributed by atoms with van der Waals surface area (Å²) >= 11 is 0. The predicted octanol–water partition coefficient (Wildman–Crippen LogP) is 2.03. The number of carbonyl (C=O) groups excluding carboxylic acids is 1. The van der Waals surface area contributed by atoms with Gasteiger partial charge in [-0.05, 0) is 45.4 Å². The van der Waals surface area contributed by atoms with Crippen molar-refractivity contribution in [2.45, 2.75) is 59.5 Å². The Bertz CT molecular complexity index is 497. The number of hydrogen-bond donors (Lipinski definition) is 1. The van der Waals surface area contributed by atoms with E-state index in [4.69, 9.17) is 9.73 Å². The molecule has 1 amide bonds. The summed E-state index contributed by atoms with van der Waals surface area (Å²) in [5.74, 6) is 1.80. The van der Waals surface area contributed by atoms with Crippen LogP contribution in [-0.2, 0) is 9.53 Å². The molecule has 0 radical (unpaired) electrons. The molecule has 29 heavy (non-hydrogen) atoms. The van der Waals surface area contributed by atoms with Gasteiger partial charge < -0.3 is 19.9 Å². The Morgan fingerprint density at radius 2 is 1.69 bits per heavy atom. The Hall–Kier alpha value is -1.34. The van der Waals surface area contributed by atoms with Crippen LogP contribution in [0.15, 0.2) is 4.99 Å². The fraction of sp³-hybridized carbons (Fsp3) is 0.909. The molecule has 0 aromatic carbocycles. The predicted molar refractivity (Wildman–Crippen MR) is 119 cm³/mol. The maximum Gasteiger partial charge on any atom is 0.236 e. The van der Waals surface area contributed by atoms with Crippen LogP contribution in [-0.4, -0.2) is 98.2 Å². The van der Waals surface area contributed by atoms with Crippen molar-refractivity contribution >= 4 is 11.9 Å². The standard InChI is InChI=1S/C22H43N5O2/c1-5-23-22(24-11-10-20(19(3)4)29-6-2)27-16-14-25(15-17-27)18-21(28)26-12-8-7-9-13-26/h19-20H,5-18H2,1-4H3,(H,23,24). The maximum atomic E-state index is 12.5. The van der Waals surface area contributed by atoms with E-state index in [0.717, 1.165) is 84.2 Å². The normalized spacial score (nSPS) is 20.2. The van der Waals surface area contributed by atoms with Crippen molar-refractivity contribution in [1.82, 2.24) is 20.0 Å². The lowest BCUT2D eigenvalue weighted by Crippen LogP contribution is -2.54. The fourth-order valence-corrected chi connectivity index (χ4v) is 4.10. The van der Waals surface area contributed by atoms with Crippen LogP contribution < -0.4 is 5.32 Å². The molecule has 0 aliphatic carbocycles. The van der Waals surface area contributed by atoms with Crippen molar-refractivity contribution in [3.8, 4) is 0 Å². The molecule has 168 valence electrons. The summed E-state index contributed by atoms with van der Waals surface area (Å²) in [6.07, 6.45) is 4.79. The van der Waals surface area contributed by atoms with E-state index in [2.05, 4.69) is 42.8 Å². The van der Waals surface area contributed by atoms with Gasteiger partial charge in [-0.3, -0.25) is 14.7 Å². The van der Waals surface area contributed by atoms with Gasteiger partial charge >= 0.3 is 0 Å². The van der Waals surface area contributed by atoms with Crippen molar-refractivity contribution in [3.05, 3.63) is 0 Å². The van der Waals surface area contributed by atoms with Crippen molar-refractivity contribution in [2.75, 3.05) is 65.5 Å². The summed E-state index contributed by atoms with van der Waals surface area (Å²) in [7, 11) is 0. The second kappa shape index (κ2) is 13.1. The zero-order valence-electron chi connectivity index (χ0n) is 19.2. The van der Waals surface area contributed by atoms with Crippen LogP contribution in [0.3, 0.4) is 0 Å². The third kappa shape index (κ3) is 8.13. The number of nitrogens with one attached hydrogen (secondary N) is 1. The first-order valence-corrected chi connectivity index (χ1v) is 11.7. The summed E-state index contributed by atoms with van der Waals surface area (Å²) in [6.45, 7) is 17.1. The van der Waals surface area contributed by atoms with Gasteiger partial charge in [0, 0.05) is 59.0 Å². The Morgan fingerprint density at radius 3 is 2.28 bits per heavy atom.